The minimum absolute atomic E-state index is 0.0406. The lowest BCUT2D eigenvalue weighted by Crippen LogP contribution is -2.12. The number of aromatic nitrogens is 2. The van der Waals surface area contributed by atoms with Crippen LogP contribution in [0.5, 0.6) is 0 Å². The van der Waals surface area contributed by atoms with Crippen LogP contribution in [-0.2, 0) is 11.2 Å². The molecular weight excluding hydrogens is 360 g/mol. The molecule has 1 aliphatic rings. The topological polar surface area (TPSA) is 63.1 Å². The van der Waals surface area contributed by atoms with Crippen molar-refractivity contribution in [2.75, 3.05) is 0 Å². The first-order valence-corrected chi connectivity index (χ1v) is 10.1. The summed E-state index contributed by atoms with van der Waals surface area (Å²) in [5.41, 5.74) is 4.01. The van der Waals surface area contributed by atoms with Gasteiger partial charge >= 0.3 is 5.97 Å². The summed E-state index contributed by atoms with van der Waals surface area (Å²) >= 11 is 0. The van der Waals surface area contributed by atoms with Gasteiger partial charge in [-0.05, 0) is 17.6 Å². The molecule has 0 saturated heterocycles. The van der Waals surface area contributed by atoms with Crippen molar-refractivity contribution >= 4 is 11.5 Å². The number of rotatable bonds is 5. The smallest absolute Gasteiger partial charge is 0.306 e. The summed E-state index contributed by atoms with van der Waals surface area (Å²) in [6, 6.07) is 7.76. The Morgan fingerprint density at radius 2 is 1.66 bits per heavy atom. The van der Waals surface area contributed by atoms with Crippen LogP contribution in [0.3, 0.4) is 0 Å². The minimum atomic E-state index is -0.780. The number of nitrogens with zero attached hydrogens (tertiary/aromatic N) is 2. The van der Waals surface area contributed by atoms with E-state index in [1.807, 2.05) is 50.5 Å². The van der Waals surface area contributed by atoms with E-state index >= 15 is 0 Å². The molecule has 3 rings (SSSR count). The summed E-state index contributed by atoms with van der Waals surface area (Å²) in [4.78, 5) is 20.0. The number of carbonyl (C=O) groups is 1. The normalized spacial score (nSPS) is 15.6. The molecule has 29 heavy (non-hydrogen) atoms. The lowest BCUT2D eigenvalue weighted by atomic mass is 9.93. The van der Waals surface area contributed by atoms with Gasteiger partial charge in [0.25, 0.3) is 0 Å². The van der Waals surface area contributed by atoms with Gasteiger partial charge in [-0.2, -0.15) is 0 Å². The molecule has 0 bridgehead atoms. The van der Waals surface area contributed by atoms with E-state index in [4.69, 9.17) is 5.11 Å². The standard InChI is InChI=1S/C23H24N2O2.C2H6/c1-16(22(26)27)13-17-6-8-19(9-7-17)21-24-14-20(15-25-21)18-5-4-11-23(2,3)12-10-18;1-2/h4-12,14-16H,13H2,1-3H3,(H,26,27);1-2H3. The predicted octanol–water partition coefficient (Wildman–Crippen LogP) is 5.97. The average molecular weight is 391 g/mol. The maximum absolute atomic E-state index is 11.0. The number of carboxylic acids is 1. The maximum Gasteiger partial charge on any atom is 0.306 e. The molecular formula is C25H30N2O2. The van der Waals surface area contributed by atoms with Crippen molar-refractivity contribution < 1.29 is 9.90 Å². The van der Waals surface area contributed by atoms with E-state index in [9.17, 15) is 4.79 Å². The fourth-order valence-electron chi connectivity index (χ4n) is 2.86. The summed E-state index contributed by atoms with van der Waals surface area (Å²) in [5, 5.41) is 9.02. The first kappa shape index (κ1) is 22.3. The SMILES string of the molecule is CC.CC(Cc1ccc(-c2ncc(C3=CC=CC(C)(C)C=C3)cn2)cc1)C(=O)O. The summed E-state index contributed by atoms with van der Waals surface area (Å²) in [6.45, 7) is 10.0. The van der Waals surface area contributed by atoms with E-state index in [1.165, 1.54) is 0 Å². The second kappa shape index (κ2) is 9.97. The Bertz CT molecular complexity index is 905. The van der Waals surface area contributed by atoms with Crippen LogP contribution < -0.4 is 0 Å². The first-order chi connectivity index (χ1) is 13.8. The lowest BCUT2D eigenvalue weighted by Gasteiger charge is -2.12. The molecule has 4 nitrogen and oxygen atoms in total. The van der Waals surface area contributed by atoms with E-state index in [1.54, 1.807) is 6.92 Å². The molecule has 1 aromatic heterocycles. The summed E-state index contributed by atoms with van der Waals surface area (Å²) in [7, 11) is 0. The molecule has 2 aromatic rings. The Kier molecular flexibility index (Phi) is 7.66. The molecule has 152 valence electrons. The quantitative estimate of drug-likeness (QED) is 0.683. The second-order valence-corrected chi connectivity index (χ2v) is 7.57. The summed E-state index contributed by atoms with van der Waals surface area (Å²) in [6.07, 6.45) is 14.8. The molecule has 0 saturated carbocycles. The molecule has 1 aliphatic carbocycles. The van der Waals surface area contributed by atoms with Gasteiger partial charge < -0.3 is 5.11 Å². The molecule has 1 unspecified atom stereocenters. The Balaban J connectivity index is 0.00000145. The number of hydrogen-bond donors (Lipinski definition) is 1. The number of hydrogen-bond acceptors (Lipinski definition) is 3. The molecule has 4 heteroatoms. The zero-order chi connectivity index (χ0) is 21.4. The molecule has 1 atom stereocenters. The molecule has 1 aromatic carbocycles. The highest BCUT2D eigenvalue weighted by Gasteiger charge is 2.13. The van der Waals surface area contributed by atoms with Gasteiger partial charge in [-0.15, -0.1) is 0 Å². The van der Waals surface area contributed by atoms with Crippen LogP contribution in [0.1, 0.15) is 45.7 Å². The van der Waals surface area contributed by atoms with Crippen molar-refractivity contribution in [1.82, 2.24) is 9.97 Å². The predicted molar refractivity (Wildman–Crippen MR) is 119 cm³/mol. The van der Waals surface area contributed by atoms with Gasteiger partial charge in [0.2, 0.25) is 0 Å². The Morgan fingerprint density at radius 1 is 1.03 bits per heavy atom. The van der Waals surface area contributed by atoms with Crippen LogP contribution in [0.25, 0.3) is 17.0 Å². The lowest BCUT2D eigenvalue weighted by molar-refractivity contribution is -0.141. The van der Waals surface area contributed by atoms with Gasteiger partial charge in [0.05, 0.1) is 5.92 Å². The average Bonchev–Trinajstić information content (AvgIpc) is 2.90. The monoisotopic (exact) mass is 390 g/mol. The molecule has 0 radical (unpaired) electrons. The van der Waals surface area contributed by atoms with Crippen LogP contribution in [0.4, 0.5) is 0 Å². The number of allylic oxidation sites excluding steroid dienone is 6. The highest BCUT2D eigenvalue weighted by molar-refractivity contribution is 5.75. The zero-order valence-electron chi connectivity index (χ0n) is 17.9. The van der Waals surface area contributed by atoms with Gasteiger partial charge in [0.1, 0.15) is 0 Å². The highest BCUT2D eigenvalue weighted by Crippen LogP contribution is 2.26. The third-order valence-corrected chi connectivity index (χ3v) is 4.65. The third kappa shape index (κ3) is 6.24. The Hall–Kier alpha value is -3.01. The van der Waals surface area contributed by atoms with Crippen molar-refractivity contribution in [2.45, 2.75) is 41.0 Å². The van der Waals surface area contributed by atoms with E-state index < -0.39 is 11.9 Å². The third-order valence-electron chi connectivity index (χ3n) is 4.65. The first-order valence-electron chi connectivity index (χ1n) is 10.1. The largest absolute Gasteiger partial charge is 0.481 e. The van der Waals surface area contributed by atoms with Gasteiger partial charge in [0, 0.05) is 28.9 Å². The minimum Gasteiger partial charge on any atom is -0.481 e. The van der Waals surface area contributed by atoms with Crippen LogP contribution >= 0.6 is 0 Å². The second-order valence-electron chi connectivity index (χ2n) is 7.57. The van der Waals surface area contributed by atoms with Crippen molar-refractivity contribution in [3.05, 3.63) is 78.2 Å². The van der Waals surface area contributed by atoms with Crippen molar-refractivity contribution in [1.29, 1.82) is 0 Å². The van der Waals surface area contributed by atoms with Crippen LogP contribution in [0.15, 0.2) is 67.0 Å². The van der Waals surface area contributed by atoms with E-state index in [2.05, 4.69) is 54.2 Å². The van der Waals surface area contributed by atoms with Crippen molar-refractivity contribution in [3.63, 3.8) is 0 Å². The van der Waals surface area contributed by atoms with Gasteiger partial charge in [0.15, 0.2) is 5.82 Å². The molecule has 0 aliphatic heterocycles. The molecule has 1 N–H and O–H groups in total. The van der Waals surface area contributed by atoms with Crippen LogP contribution in [-0.4, -0.2) is 21.0 Å². The fourth-order valence-corrected chi connectivity index (χ4v) is 2.86. The van der Waals surface area contributed by atoms with Gasteiger partial charge in [-0.25, -0.2) is 9.97 Å². The van der Waals surface area contributed by atoms with Crippen molar-refractivity contribution in [2.24, 2.45) is 11.3 Å². The summed E-state index contributed by atoms with van der Waals surface area (Å²) < 4.78 is 0. The van der Waals surface area contributed by atoms with Crippen molar-refractivity contribution in [3.8, 4) is 11.4 Å². The van der Waals surface area contributed by atoms with Crippen LogP contribution in [0.2, 0.25) is 0 Å². The molecule has 0 amide bonds. The summed E-state index contributed by atoms with van der Waals surface area (Å²) in [5.74, 6) is -0.518. The van der Waals surface area contributed by atoms with Crippen LogP contribution in [0, 0.1) is 11.3 Å². The number of aliphatic carboxylic acids is 1. The van der Waals surface area contributed by atoms with E-state index in [-0.39, 0.29) is 5.41 Å². The Morgan fingerprint density at radius 3 is 2.24 bits per heavy atom. The maximum atomic E-state index is 11.0. The van der Waals surface area contributed by atoms with Gasteiger partial charge in [-0.3, -0.25) is 4.79 Å². The number of benzene rings is 1. The molecule has 0 fully saturated rings. The highest BCUT2D eigenvalue weighted by atomic mass is 16.4. The fraction of sp³-hybridized carbons (Fsp3) is 0.320. The zero-order valence-corrected chi connectivity index (χ0v) is 17.9. The van der Waals surface area contributed by atoms with Gasteiger partial charge in [-0.1, -0.05) is 89.3 Å². The number of carboxylic acid groups (broad SMARTS) is 1. The Labute approximate surface area is 173 Å². The van der Waals surface area contributed by atoms with E-state index in [0.717, 1.165) is 22.3 Å². The van der Waals surface area contributed by atoms with E-state index in [0.29, 0.717) is 12.2 Å². The molecule has 0 spiro atoms. The molecule has 1 heterocycles.